The third kappa shape index (κ3) is 1.14. The van der Waals surface area contributed by atoms with Crippen molar-refractivity contribution in [3.8, 4) is 6.07 Å². The summed E-state index contributed by atoms with van der Waals surface area (Å²) in [7, 11) is 0. The summed E-state index contributed by atoms with van der Waals surface area (Å²) in [5, 5.41) is 10.5. The van der Waals surface area contributed by atoms with E-state index in [1.807, 2.05) is 12.1 Å². The lowest BCUT2D eigenvalue weighted by Gasteiger charge is -2.05. The van der Waals surface area contributed by atoms with E-state index in [2.05, 4.69) is 6.07 Å². The van der Waals surface area contributed by atoms with Crippen LogP contribution in [0.3, 0.4) is 0 Å². The normalized spacial score (nSPS) is 9.93. The van der Waals surface area contributed by atoms with Gasteiger partial charge in [-0.1, -0.05) is 12.1 Å². The number of hydrogen-bond acceptors (Lipinski definition) is 3. The third-order valence-electron chi connectivity index (χ3n) is 2.17. The molecule has 0 amide bonds. The average Bonchev–Trinajstić information content (AvgIpc) is 2.17. The van der Waals surface area contributed by atoms with Gasteiger partial charge in [0, 0.05) is 16.8 Å². The molecular formula is C11H9N3. The van der Waals surface area contributed by atoms with E-state index in [4.69, 9.17) is 16.7 Å². The second kappa shape index (κ2) is 2.93. The van der Waals surface area contributed by atoms with Gasteiger partial charge in [0.15, 0.2) is 0 Å². The van der Waals surface area contributed by atoms with E-state index >= 15 is 0 Å². The Morgan fingerprint density at radius 3 is 2.57 bits per heavy atom. The zero-order valence-corrected chi connectivity index (χ0v) is 7.49. The molecule has 0 saturated carbocycles. The van der Waals surface area contributed by atoms with Crippen molar-refractivity contribution < 1.29 is 0 Å². The van der Waals surface area contributed by atoms with Crippen LogP contribution < -0.4 is 11.5 Å². The fraction of sp³-hybridized carbons (Fsp3) is 0. The molecule has 0 radical (unpaired) electrons. The first-order valence-electron chi connectivity index (χ1n) is 4.20. The van der Waals surface area contributed by atoms with Gasteiger partial charge in [-0.2, -0.15) is 5.26 Å². The molecule has 0 heterocycles. The second-order valence-corrected chi connectivity index (χ2v) is 3.12. The first kappa shape index (κ1) is 8.39. The van der Waals surface area contributed by atoms with Crippen LogP contribution in [0.5, 0.6) is 0 Å². The number of nitrogens with two attached hydrogens (primary N) is 2. The van der Waals surface area contributed by atoms with E-state index in [1.54, 1.807) is 18.2 Å². The van der Waals surface area contributed by atoms with Gasteiger partial charge in [0.05, 0.1) is 11.6 Å². The third-order valence-corrected chi connectivity index (χ3v) is 2.17. The van der Waals surface area contributed by atoms with Crippen molar-refractivity contribution in [3.05, 3.63) is 35.9 Å². The number of nitrogen functional groups attached to an aromatic ring is 2. The minimum atomic E-state index is 0.553. The van der Waals surface area contributed by atoms with Gasteiger partial charge in [0.2, 0.25) is 0 Å². The lowest BCUT2D eigenvalue weighted by molar-refractivity contribution is 1.50. The molecular weight excluding hydrogens is 174 g/mol. The number of anilines is 2. The summed E-state index contributed by atoms with van der Waals surface area (Å²) in [5.41, 5.74) is 13.3. The maximum Gasteiger partial charge on any atom is 0.0992 e. The predicted octanol–water partition coefficient (Wildman–Crippen LogP) is 1.88. The van der Waals surface area contributed by atoms with Crippen molar-refractivity contribution in [1.29, 1.82) is 5.26 Å². The van der Waals surface area contributed by atoms with E-state index < -0.39 is 0 Å². The molecule has 0 aliphatic rings. The summed E-state index contributed by atoms with van der Waals surface area (Å²) in [4.78, 5) is 0. The smallest absolute Gasteiger partial charge is 0.0992 e. The number of nitriles is 1. The van der Waals surface area contributed by atoms with Crippen molar-refractivity contribution in [2.75, 3.05) is 11.5 Å². The molecule has 14 heavy (non-hydrogen) atoms. The highest BCUT2D eigenvalue weighted by Crippen LogP contribution is 2.27. The number of nitrogens with zero attached hydrogens (tertiary/aromatic N) is 1. The van der Waals surface area contributed by atoms with Crippen LogP contribution in [-0.2, 0) is 0 Å². The van der Waals surface area contributed by atoms with Crippen molar-refractivity contribution in [2.45, 2.75) is 0 Å². The second-order valence-electron chi connectivity index (χ2n) is 3.12. The predicted molar refractivity (Wildman–Crippen MR) is 57.5 cm³/mol. The van der Waals surface area contributed by atoms with Crippen LogP contribution in [-0.4, -0.2) is 0 Å². The van der Waals surface area contributed by atoms with Crippen LogP contribution in [0.2, 0.25) is 0 Å². The van der Waals surface area contributed by atoms with Crippen LogP contribution >= 0.6 is 0 Å². The maximum atomic E-state index is 8.75. The zero-order valence-electron chi connectivity index (χ0n) is 7.49. The number of hydrogen-bond donors (Lipinski definition) is 2. The molecule has 2 aromatic carbocycles. The Morgan fingerprint density at radius 2 is 1.86 bits per heavy atom. The molecule has 0 spiro atoms. The number of rotatable bonds is 0. The van der Waals surface area contributed by atoms with Crippen molar-refractivity contribution in [3.63, 3.8) is 0 Å². The lowest BCUT2D eigenvalue weighted by atomic mass is 10.0. The maximum absolute atomic E-state index is 8.75. The molecule has 2 aromatic rings. The summed E-state index contributed by atoms with van der Waals surface area (Å²) in [5.74, 6) is 0. The molecule has 0 fully saturated rings. The van der Waals surface area contributed by atoms with Gasteiger partial charge in [-0.05, 0) is 23.6 Å². The highest BCUT2D eigenvalue weighted by Gasteiger charge is 2.03. The Hall–Kier alpha value is -2.21. The van der Waals surface area contributed by atoms with Crippen molar-refractivity contribution >= 4 is 22.1 Å². The first-order valence-corrected chi connectivity index (χ1v) is 4.20. The standard InChI is InChI=1S/C11H9N3/c12-6-7-4-8-2-1-3-9(13)11(8)10(14)5-7/h1-5H,13-14H2. The minimum Gasteiger partial charge on any atom is -0.398 e. The fourth-order valence-electron chi connectivity index (χ4n) is 1.56. The topological polar surface area (TPSA) is 75.8 Å². The van der Waals surface area contributed by atoms with Crippen LogP contribution in [0, 0.1) is 11.3 Å². The van der Waals surface area contributed by atoms with Crippen LogP contribution in [0.25, 0.3) is 10.8 Å². The summed E-state index contributed by atoms with van der Waals surface area (Å²) < 4.78 is 0. The van der Waals surface area contributed by atoms with E-state index in [0.717, 1.165) is 10.8 Å². The summed E-state index contributed by atoms with van der Waals surface area (Å²) in [6, 6.07) is 11.0. The van der Waals surface area contributed by atoms with E-state index in [-0.39, 0.29) is 0 Å². The first-order chi connectivity index (χ1) is 6.72. The van der Waals surface area contributed by atoms with Gasteiger partial charge in [0.1, 0.15) is 0 Å². The Bertz CT molecular complexity index is 538. The van der Waals surface area contributed by atoms with Crippen molar-refractivity contribution in [1.82, 2.24) is 0 Å². The fourth-order valence-corrected chi connectivity index (χ4v) is 1.56. The lowest BCUT2D eigenvalue weighted by Crippen LogP contribution is -1.93. The molecule has 2 rings (SSSR count). The molecule has 3 heteroatoms. The number of benzene rings is 2. The average molecular weight is 183 g/mol. The monoisotopic (exact) mass is 183 g/mol. The van der Waals surface area contributed by atoms with Gasteiger partial charge < -0.3 is 11.5 Å². The minimum absolute atomic E-state index is 0.553. The Labute approximate surface area is 81.6 Å². The summed E-state index contributed by atoms with van der Waals surface area (Å²) in [6.07, 6.45) is 0. The van der Waals surface area contributed by atoms with Gasteiger partial charge >= 0.3 is 0 Å². The molecule has 0 aliphatic carbocycles. The summed E-state index contributed by atoms with van der Waals surface area (Å²) in [6.45, 7) is 0. The molecule has 3 nitrogen and oxygen atoms in total. The van der Waals surface area contributed by atoms with E-state index in [0.29, 0.717) is 16.9 Å². The van der Waals surface area contributed by atoms with Gasteiger partial charge in [-0.3, -0.25) is 0 Å². The molecule has 0 bridgehead atoms. The highest BCUT2D eigenvalue weighted by atomic mass is 14.6. The Kier molecular flexibility index (Phi) is 1.76. The molecule has 0 atom stereocenters. The quantitative estimate of drug-likeness (QED) is 0.612. The molecule has 0 aliphatic heterocycles. The molecule has 68 valence electrons. The SMILES string of the molecule is N#Cc1cc(N)c2c(N)cccc2c1. The number of fused-ring (bicyclic) bond motifs is 1. The van der Waals surface area contributed by atoms with E-state index in [1.165, 1.54) is 0 Å². The van der Waals surface area contributed by atoms with E-state index in [9.17, 15) is 0 Å². The summed E-state index contributed by atoms with van der Waals surface area (Å²) >= 11 is 0. The van der Waals surface area contributed by atoms with Crippen LogP contribution in [0.1, 0.15) is 5.56 Å². The molecule has 4 N–H and O–H groups in total. The largest absolute Gasteiger partial charge is 0.398 e. The Balaban J connectivity index is 2.91. The van der Waals surface area contributed by atoms with Crippen LogP contribution in [0.15, 0.2) is 30.3 Å². The van der Waals surface area contributed by atoms with Gasteiger partial charge in [-0.25, -0.2) is 0 Å². The van der Waals surface area contributed by atoms with Crippen LogP contribution in [0.4, 0.5) is 11.4 Å². The molecule has 0 unspecified atom stereocenters. The Morgan fingerprint density at radius 1 is 1.07 bits per heavy atom. The highest BCUT2D eigenvalue weighted by molar-refractivity contribution is 6.02. The molecule has 0 aromatic heterocycles. The van der Waals surface area contributed by atoms with Gasteiger partial charge in [-0.15, -0.1) is 0 Å². The van der Waals surface area contributed by atoms with Gasteiger partial charge in [0.25, 0.3) is 0 Å². The van der Waals surface area contributed by atoms with Crippen molar-refractivity contribution in [2.24, 2.45) is 0 Å². The molecule has 0 saturated heterocycles. The zero-order chi connectivity index (χ0) is 10.1.